The van der Waals surface area contributed by atoms with Crippen molar-refractivity contribution in [3.63, 3.8) is 0 Å². The van der Waals surface area contributed by atoms with Crippen molar-refractivity contribution in [1.29, 1.82) is 0 Å². The molecule has 1 fully saturated rings. The number of carbonyl (C=O) groups excluding carboxylic acids is 1. The van der Waals surface area contributed by atoms with Gasteiger partial charge in [0.25, 0.3) is 0 Å². The third-order valence-electron chi connectivity index (χ3n) is 5.21. The van der Waals surface area contributed by atoms with Gasteiger partial charge < -0.3 is 24.6 Å². The zero-order chi connectivity index (χ0) is 20.5. The lowest BCUT2D eigenvalue weighted by Crippen LogP contribution is -2.28. The van der Waals surface area contributed by atoms with Crippen LogP contribution in [0.5, 0.6) is 5.75 Å². The van der Waals surface area contributed by atoms with E-state index in [2.05, 4.69) is 51.2 Å². The largest absolute Gasteiger partial charge is 0.486 e. The summed E-state index contributed by atoms with van der Waals surface area (Å²) in [5.74, 6) is 0.840. The zero-order valence-corrected chi connectivity index (χ0v) is 17.3. The molecule has 6 heteroatoms. The van der Waals surface area contributed by atoms with E-state index in [4.69, 9.17) is 4.74 Å². The summed E-state index contributed by atoms with van der Waals surface area (Å²) in [6.45, 7) is 4.75. The average Bonchev–Trinajstić information content (AvgIpc) is 2.98. The van der Waals surface area contributed by atoms with E-state index in [-0.39, 0.29) is 6.10 Å². The highest BCUT2D eigenvalue weighted by Gasteiger charge is 2.16. The molecule has 3 rings (SSSR count). The van der Waals surface area contributed by atoms with Crippen molar-refractivity contribution >= 4 is 11.8 Å². The third kappa shape index (κ3) is 6.39. The van der Waals surface area contributed by atoms with Crippen LogP contribution in [0.3, 0.4) is 0 Å². The van der Waals surface area contributed by atoms with Gasteiger partial charge in [-0.3, -0.25) is 0 Å². The number of amides is 1. The summed E-state index contributed by atoms with van der Waals surface area (Å²) in [7, 11) is 3.54. The number of nitrogens with zero attached hydrogens (tertiary/aromatic N) is 2. The molecular formula is C23H31N3O3. The van der Waals surface area contributed by atoms with Crippen LogP contribution in [0.4, 0.5) is 10.5 Å². The van der Waals surface area contributed by atoms with E-state index in [9.17, 15) is 4.79 Å². The van der Waals surface area contributed by atoms with Gasteiger partial charge in [-0.05, 0) is 37.7 Å². The van der Waals surface area contributed by atoms with Gasteiger partial charge in [0.1, 0.15) is 11.9 Å². The number of hydrogen-bond donors (Lipinski definition) is 1. The lowest BCUT2D eigenvalue weighted by molar-refractivity contribution is 0.164. The van der Waals surface area contributed by atoms with Crippen LogP contribution in [0, 0.1) is 0 Å². The number of carbonyl (C=O) groups is 1. The number of benzene rings is 2. The van der Waals surface area contributed by atoms with Crippen molar-refractivity contribution in [3.8, 4) is 5.75 Å². The number of alkyl carbamates (subject to hydrolysis) is 1. The molecule has 1 atom stereocenters. The quantitative estimate of drug-likeness (QED) is 0.772. The van der Waals surface area contributed by atoms with Crippen LogP contribution in [-0.2, 0) is 4.74 Å². The topological polar surface area (TPSA) is 54.0 Å². The predicted molar refractivity (Wildman–Crippen MR) is 116 cm³/mol. The third-order valence-corrected chi connectivity index (χ3v) is 5.21. The highest BCUT2D eigenvalue weighted by atomic mass is 16.5. The molecule has 0 radical (unpaired) electrons. The highest BCUT2D eigenvalue weighted by Crippen LogP contribution is 2.28. The molecule has 156 valence electrons. The molecule has 0 bridgehead atoms. The first-order valence-electron chi connectivity index (χ1n) is 10.2. The monoisotopic (exact) mass is 397 g/mol. The summed E-state index contributed by atoms with van der Waals surface area (Å²) in [6.07, 6.45) is 1.23. The molecule has 2 aromatic rings. The van der Waals surface area contributed by atoms with E-state index in [0.29, 0.717) is 13.0 Å². The minimum Gasteiger partial charge on any atom is -0.486 e. The average molecular weight is 398 g/mol. The van der Waals surface area contributed by atoms with Gasteiger partial charge in [0.2, 0.25) is 0 Å². The smallest absolute Gasteiger partial charge is 0.406 e. The summed E-state index contributed by atoms with van der Waals surface area (Å²) in [5, 5.41) is 2.74. The Morgan fingerprint density at radius 1 is 1.07 bits per heavy atom. The Morgan fingerprint density at radius 3 is 2.69 bits per heavy atom. The second-order valence-electron chi connectivity index (χ2n) is 7.37. The molecular weight excluding hydrogens is 366 g/mol. The van der Waals surface area contributed by atoms with Crippen molar-refractivity contribution in [2.75, 3.05) is 51.8 Å². The fourth-order valence-electron chi connectivity index (χ4n) is 3.56. The van der Waals surface area contributed by atoms with E-state index in [1.807, 2.05) is 30.3 Å². The Bertz CT molecular complexity index is 769. The van der Waals surface area contributed by atoms with Crippen LogP contribution in [0.25, 0.3) is 0 Å². The molecule has 0 saturated carbocycles. The summed E-state index contributed by atoms with van der Waals surface area (Å²) in [4.78, 5) is 16.2. The number of rotatable bonds is 7. The van der Waals surface area contributed by atoms with Gasteiger partial charge in [0.05, 0.1) is 7.11 Å². The van der Waals surface area contributed by atoms with Gasteiger partial charge in [-0.15, -0.1) is 0 Å². The number of hydrogen-bond acceptors (Lipinski definition) is 5. The SMILES string of the molecule is COC(=O)NCCC(Oc1cccc(N2CCCN(C)CC2)c1)c1ccccc1. The van der Waals surface area contributed by atoms with E-state index in [1.54, 1.807) is 0 Å². The van der Waals surface area contributed by atoms with Crippen LogP contribution < -0.4 is 15.0 Å². The zero-order valence-electron chi connectivity index (χ0n) is 17.3. The number of methoxy groups -OCH3 is 1. The van der Waals surface area contributed by atoms with Crippen molar-refractivity contribution in [2.24, 2.45) is 0 Å². The number of nitrogens with one attached hydrogen (secondary N) is 1. The molecule has 1 N–H and O–H groups in total. The summed E-state index contributed by atoms with van der Waals surface area (Å²) in [6, 6.07) is 18.4. The highest BCUT2D eigenvalue weighted by molar-refractivity contribution is 5.66. The van der Waals surface area contributed by atoms with Gasteiger partial charge in [-0.25, -0.2) is 4.79 Å². The first kappa shape index (κ1) is 21.0. The Hall–Kier alpha value is -2.73. The molecule has 6 nitrogen and oxygen atoms in total. The molecule has 1 unspecified atom stereocenters. The molecule has 29 heavy (non-hydrogen) atoms. The fourth-order valence-corrected chi connectivity index (χ4v) is 3.56. The van der Waals surface area contributed by atoms with Crippen molar-refractivity contribution in [2.45, 2.75) is 18.9 Å². The Labute approximate surface area is 173 Å². The first-order chi connectivity index (χ1) is 14.2. The van der Waals surface area contributed by atoms with E-state index >= 15 is 0 Å². The molecule has 1 saturated heterocycles. The minimum absolute atomic E-state index is 0.154. The summed E-state index contributed by atoms with van der Waals surface area (Å²) >= 11 is 0. The predicted octanol–water partition coefficient (Wildman–Crippen LogP) is 3.69. The fraction of sp³-hybridized carbons (Fsp3) is 0.435. The van der Waals surface area contributed by atoms with Crippen LogP contribution >= 0.6 is 0 Å². The number of ether oxygens (including phenoxy) is 2. The van der Waals surface area contributed by atoms with Gasteiger partial charge in [-0.1, -0.05) is 36.4 Å². The van der Waals surface area contributed by atoms with Gasteiger partial charge in [-0.2, -0.15) is 0 Å². The van der Waals surface area contributed by atoms with E-state index in [1.165, 1.54) is 12.8 Å². The van der Waals surface area contributed by atoms with E-state index in [0.717, 1.165) is 43.9 Å². The van der Waals surface area contributed by atoms with Gasteiger partial charge >= 0.3 is 6.09 Å². The summed E-state index contributed by atoms with van der Waals surface area (Å²) in [5.41, 5.74) is 2.28. The van der Waals surface area contributed by atoms with Gasteiger partial charge in [0.15, 0.2) is 0 Å². The van der Waals surface area contributed by atoms with Crippen molar-refractivity contribution < 1.29 is 14.3 Å². The molecule has 0 aliphatic carbocycles. The Morgan fingerprint density at radius 2 is 1.90 bits per heavy atom. The van der Waals surface area contributed by atoms with Crippen LogP contribution in [-0.4, -0.2) is 57.9 Å². The molecule has 1 aliphatic heterocycles. The maximum absolute atomic E-state index is 11.4. The number of anilines is 1. The minimum atomic E-state index is -0.426. The van der Waals surface area contributed by atoms with Crippen molar-refractivity contribution in [1.82, 2.24) is 10.2 Å². The Kier molecular flexibility index (Phi) is 7.76. The van der Waals surface area contributed by atoms with Crippen LogP contribution in [0.15, 0.2) is 54.6 Å². The maximum atomic E-state index is 11.4. The van der Waals surface area contributed by atoms with Crippen LogP contribution in [0.2, 0.25) is 0 Å². The first-order valence-corrected chi connectivity index (χ1v) is 10.2. The molecule has 1 aliphatic rings. The molecule has 2 aromatic carbocycles. The lowest BCUT2D eigenvalue weighted by Gasteiger charge is -2.25. The van der Waals surface area contributed by atoms with E-state index < -0.39 is 6.09 Å². The van der Waals surface area contributed by atoms with Gasteiger partial charge in [0, 0.05) is 44.4 Å². The second kappa shape index (κ2) is 10.7. The number of likely N-dealkylation sites (N-methyl/N-ethyl adjacent to an activating group) is 1. The lowest BCUT2D eigenvalue weighted by atomic mass is 10.1. The summed E-state index contributed by atoms with van der Waals surface area (Å²) < 4.78 is 11.0. The molecule has 1 heterocycles. The maximum Gasteiger partial charge on any atom is 0.406 e. The normalized spacial score (nSPS) is 16.0. The second-order valence-corrected chi connectivity index (χ2v) is 7.37. The molecule has 1 amide bonds. The molecule has 0 aromatic heterocycles. The van der Waals surface area contributed by atoms with Crippen molar-refractivity contribution in [3.05, 3.63) is 60.2 Å². The molecule has 0 spiro atoms. The Balaban J connectivity index is 1.70. The standard InChI is InChI=1S/C23H31N3O3/c1-25-14-7-15-26(17-16-25)20-10-6-11-21(18-20)29-22(12-13-24-23(27)28-2)19-8-4-3-5-9-19/h3-6,8-11,18,22H,7,12-17H2,1-2H3,(H,24,27). The van der Waals surface area contributed by atoms with Crippen LogP contribution in [0.1, 0.15) is 24.5 Å².